The van der Waals surface area contributed by atoms with Crippen LogP contribution >= 0.6 is 23.2 Å². The predicted octanol–water partition coefficient (Wildman–Crippen LogP) is 4.21. The Kier molecular flexibility index (Phi) is 5.24. The van der Waals surface area contributed by atoms with Crippen molar-refractivity contribution in [3.8, 4) is 5.75 Å². The van der Waals surface area contributed by atoms with Crippen LogP contribution in [0.1, 0.15) is 11.1 Å². The van der Waals surface area contributed by atoms with Gasteiger partial charge in [0.25, 0.3) is 0 Å². The lowest BCUT2D eigenvalue weighted by Gasteiger charge is -2.11. The molecule has 5 heteroatoms. The maximum absolute atomic E-state index is 13.6. The maximum Gasteiger partial charge on any atom is 0.138 e. The molecular formula is C15H14Cl2FNO. The lowest BCUT2D eigenvalue weighted by atomic mass is 10.1. The van der Waals surface area contributed by atoms with Crippen molar-refractivity contribution >= 4 is 23.2 Å². The molecule has 0 atom stereocenters. The van der Waals surface area contributed by atoms with E-state index in [1.165, 1.54) is 6.07 Å². The first-order valence-electron chi connectivity index (χ1n) is 6.16. The molecule has 20 heavy (non-hydrogen) atoms. The average molecular weight is 314 g/mol. The van der Waals surface area contributed by atoms with Crippen LogP contribution in [0.15, 0.2) is 36.4 Å². The van der Waals surface area contributed by atoms with Crippen molar-refractivity contribution in [3.05, 3.63) is 63.4 Å². The molecule has 0 aliphatic heterocycles. The molecule has 2 rings (SSSR count). The summed E-state index contributed by atoms with van der Waals surface area (Å²) in [5, 5.41) is 0.810. The Balaban J connectivity index is 2.11. The van der Waals surface area contributed by atoms with Gasteiger partial charge in [-0.25, -0.2) is 4.39 Å². The van der Waals surface area contributed by atoms with Crippen LogP contribution in [0, 0.1) is 5.82 Å². The van der Waals surface area contributed by atoms with Gasteiger partial charge in [-0.1, -0.05) is 35.3 Å². The van der Waals surface area contributed by atoms with Gasteiger partial charge in [0.05, 0.1) is 10.0 Å². The van der Waals surface area contributed by atoms with E-state index in [4.69, 9.17) is 33.7 Å². The molecule has 0 amide bonds. The zero-order valence-corrected chi connectivity index (χ0v) is 12.2. The molecule has 2 aromatic carbocycles. The molecular weight excluding hydrogens is 300 g/mol. The molecule has 0 fully saturated rings. The van der Waals surface area contributed by atoms with Crippen LogP contribution in [0.3, 0.4) is 0 Å². The van der Waals surface area contributed by atoms with Gasteiger partial charge in [0, 0.05) is 5.56 Å². The highest BCUT2D eigenvalue weighted by Crippen LogP contribution is 2.28. The summed E-state index contributed by atoms with van der Waals surface area (Å²) in [4.78, 5) is 0. The maximum atomic E-state index is 13.6. The fraction of sp³-hybridized carbons (Fsp3) is 0.200. The minimum atomic E-state index is -0.395. The fourth-order valence-corrected chi connectivity index (χ4v) is 2.28. The molecule has 0 saturated carbocycles. The van der Waals surface area contributed by atoms with Crippen LogP contribution < -0.4 is 10.5 Å². The first kappa shape index (κ1) is 15.1. The van der Waals surface area contributed by atoms with Crippen LogP contribution in [0.4, 0.5) is 4.39 Å². The summed E-state index contributed by atoms with van der Waals surface area (Å²) in [6.45, 7) is 0.586. The number of benzene rings is 2. The minimum Gasteiger partial charge on any atom is -0.487 e. The van der Waals surface area contributed by atoms with E-state index >= 15 is 0 Å². The third-order valence-electron chi connectivity index (χ3n) is 2.86. The summed E-state index contributed by atoms with van der Waals surface area (Å²) in [6.07, 6.45) is 0.749. The van der Waals surface area contributed by atoms with E-state index in [1.807, 2.05) is 6.07 Å². The van der Waals surface area contributed by atoms with Crippen LogP contribution in [0.2, 0.25) is 10.0 Å². The molecule has 0 unspecified atom stereocenters. The third kappa shape index (κ3) is 3.63. The van der Waals surface area contributed by atoms with Crippen molar-refractivity contribution in [2.24, 2.45) is 5.73 Å². The summed E-state index contributed by atoms with van der Waals surface area (Å²) in [7, 11) is 0. The quantitative estimate of drug-likeness (QED) is 0.897. The van der Waals surface area contributed by atoms with E-state index in [2.05, 4.69) is 0 Å². The smallest absolute Gasteiger partial charge is 0.138 e. The van der Waals surface area contributed by atoms with Gasteiger partial charge in [-0.05, 0) is 42.8 Å². The molecule has 0 aliphatic rings. The first-order valence-corrected chi connectivity index (χ1v) is 6.91. The Hall–Kier alpha value is -1.29. The number of ether oxygens (including phenoxy) is 1. The summed E-state index contributed by atoms with van der Waals surface area (Å²) in [5.41, 5.74) is 6.84. The number of nitrogens with two attached hydrogens (primary N) is 1. The summed E-state index contributed by atoms with van der Waals surface area (Å²) < 4.78 is 19.1. The largest absolute Gasteiger partial charge is 0.487 e. The van der Waals surface area contributed by atoms with Gasteiger partial charge in [-0.3, -0.25) is 0 Å². The molecule has 0 spiro atoms. The molecule has 0 aliphatic carbocycles. The van der Waals surface area contributed by atoms with Gasteiger partial charge in [0.15, 0.2) is 0 Å². The van der Waals surface area contributed by atoms with Gasteiger partial charge in [-0.15, -0.1) is 0 Å². The second-order valence-electron chi connectivity index (χ2n) is 4.29. The minimum absolute atomic E-state index is 0.0292. The zero-order valence-electron chi connectivity index (χ0n) is 10.7. The molecule has 2 N–H and O–H groups in total. The Morgan fingerprint density at radius 1 is 1.10 bits per heavy atom. The van der Waals surface area contributed by atoms with E-state index in [0.29, 0.717) is 27.9 Å². The van der Waals surface area contributed by atoms with Crippen molar-refractivity contribution in [2.75, 3.05) is 6.54 Å². The van der Waals surface area contributed by atoms with E-state index < -0.39 is 5.82 Å². The van der Waals surface area contributed by atoms with Crippen molar-refractivity contribution < 1.29 is 9.13 Å². The molecule has 0 bridgehead atoms. The summed E-state index contributed by atoms with van der Waals surface area (Å²) in [6, 6.07) is 9.95. The Morgan fingerprint density at radius 2 is 1.90 bits per heavy atom. The monoisotopic (exact) mass is 313 g/mol. The Bertz CT molecular complexity index is 584. The second kappa shape index (κ2) is 6.93. The van der Waals surface area contributed by atoms with Crippen LogP contribution in [-0.2, 0) is 13.0 Å². The Morgan fingerprint density at radius 3 is 2.55 bits per heavy atom. The molecule has 0 aromatic heterocycles. The zero-order chi connectivity index (χ0) is 14.5. The molecule has 106 valence electrons. The van der Waals surface area contributed by atoms with Crippen LogP contribution in [-0.4, -0.2) is 6.54 Å². The van der Waals surface area contributed by atoms with E-state index in [1.54, 1.807) is 24.3 Å². The molecule has 0 radical (unpaired) electrons. The molecule has 0 heterocycles. The lowest BCUT2D eigenvalue weighted by Crippen LogP contribution is -2.03. The highest BCUT2D eigenvalue weighted by Gasteiger charge is 2.09. The fourth-order valence-electron chi connectivity index (χ4n) is 1.80. The van der Waals surface area contributed by atoms with Gasteiger partial charge in [-0.2, -0.15) is 0 Å². The molecule has 0 saturated heterocycles. The standard InChI is InChI=1S/C15H14Cl2FNO/c16-12-2-1-3-14(18)11(12)9-20-15-5-4-10(6-7-19)8-13(15)17/h1-5,8H,6-7,9,19H2. The van der Waals surface area contributed by atoms with Gasteiger partial charge in [0.2, 0.25) is 0 Å². The highest BCUT2D eigenvalue weighted by atomic mass is 35.5. The van der Waals surface area contributed by atoms with Crippen molar-refractivity contribution in [1.29, 1.82) is 0 Å². The number of halogens is 3. The van der Waals surface area contributed by atoms with Gasteiger partial charge >= 0.3 is 0 Å². The summed E-state index contributed by atoms with van der Waals surface area (Å²) >= 11 is 12.1. The third-order valence-corrected chi connectivity index (χ3v) is 3.51. The van der Waals surface area contributed by atoms with Crippen molar-refractivity contribution in [3.63, 3.8) is 0 Å². The van der Waals surface area contributed by atoms with Gasteiger partial charge < -0.3 is 10.5 Å². The number of rotatable bonds is 5. The highest BCUT2D eigenvalue weighted by molar-refractivity contribution is 6.32. The second-order valence-corrected chi connectivity index (χ2v) is 5.11. The topological polar surface area (TPSA) is 35.2 Å². The Labute approximate surface area is 127 Å². The van der Waals surface area contributed by atoms with Crippen molar-refractivity contribution in [2.45, 2.75) is 13.0 Å². The molecule has 2 nitrogen and oxygen atoms in total. The molecule has 2 aromatic rings. The van der Waals surface area contributed by atoms with Gasteiger partial charge in [0.1, 0.15) is 18.2 Å². The average Bonchev–Trinajstić information content (AvgIpc) is 2.40. The van der Waals surface area contributed by atoms with Crippen LogP contribution in [0.25, 0.3) is 0 Å². The number of hydrogen-bond donors (Lipinski definition) is 1. The lowest BCUT2D eigenvalue weighted by molar-refractivity contribution is 0.300. The summed E-state index contributed by atoms with van der Waals surface area (Å²) in [5.74, 6) is 0.0973. The predicted molar refractivity (Wildman–Crippen MR) is 80.0 cm³/mol. The van der Waals surface area contributed by atoms with E-state index in [9.17, 15) is 4.39 Å². The SMILES string of the molecule is NCCc1ccc(OCc2c(F)cccc2Cl)c(Cl)c1. The van der Waals surface area contributed by atoms with Crippen molar-refractivity contribution in [1.82, 2.24) is 0 Å². The number of hydrogen-bond acceptors (Lipinski definition) is 2. The van der Waals surface area contributed by atoms with E-state index in [0.717, 1.165) is 12.0 Å². The normalized spacial score (nSPS) is 10.6. The van der Waals surface area contributed by atoms with E-state index in [-0.39, 0.29) is 6.61 Å². The first-order chi connectivity index (χ1) is 9.61. The van der Waals surface area contributed by atoms with Crippen LogP contribution in [0.5, 0.6) is 5.75 Å².